The maximum atomic E-state index is 11.9. The van der Waals surface area contributed by atoms with E-state index in [-0.39, 0.29) is 18.6 Å². The highest BCUT2D eigenvalue weighted by molar-refractivity contribution is 5.76. The van der Waals surface area contributed by atoms with Crippen LogP contribution in [0, 0.1) is 0 Å². The third-order valence-corrected chi connectivity index (χ3v) is 3.00. The number of hydrogen-bond acceptors (Lipinski definition) is 3. The van der Waals surface area contributed by atoms with Gasteiger partial charge in [0.15, 0.2) is 0 Å². The van der Waals surface area contributed by atoms with Crippen molar-refractivity contribution >= 4 is 5.91 Å². The molecule has 0 saturated carbocycles. The zero-order chi connectivity index (χ0) is 13.4. The van der Waals surface area contributed by atoms with Crippen LogP contribution < -0.4 is 5.73 Å². The van der Waals surface area contributed by atoms with E-state index in [1.807, 2.05) is 37.3 Å². The summed E-state index contributed by atoms with van der Waals surface area (Å²) >= 11 is 0. The molecule has 0 bridgehead atoms. The third-order valence-electron chi connectivity index (χ3n) is 3.00. The van der Waals surface area contributed by atoms with Crippen LogP contribution in [-0.4, -0.2) is 35.6 Å². The number of likely N-dealkylation sites (N-methyl/N-ethyl adjacent to an activating group) is 1. The number of rotatable bonds is 7. The number of nitrogens with zero attached hydrogens (tertiary/aromatic N) is 1. The van der Waals surface area contributed by atoms with E-state index in [2.05, 4.69) is 0 Å². The third kappa shape index (κ3) is 4.47. The van der Waals surface area contributed by atoms with Crippen molar-refractivity contribution in [2.45, 2.75) is 25.8 Å². The van der Waals surface area contributed by atoms with Crippen molar-refractivity contribution in [2.24, 2.45) is 5.73 Å². The van der Waals surface area contributed by atoms with Crippen LogP contribution in [-0.2, 0) is 4.79 Å². The first-order valence-corrected chi connectivity index (χ1v) is 6.38. The number of aliphatic hydroxyl groups excluding tert-OH is 1. The molecule has 0 radical (unpaired) electrons. The van der Waals surface area contributed by atoms with Crippen LogP contribution in [0.4, 0.5) is 0 Å². The van der Waals surface area contributed by atoms with Gasteiger partial charge in [0.25, 0.3) is 0 Å². The fourth-order valence-electron chi connectivity index (χ4n) is 1.88. The van der Waals surface area contributed by atoms with Crippen LogP contribution in [0.5, 0.6) is 0 Å². The zero-order valence-corrected chi connectivity index (χ0v) is 10.9. The fraction of sp³-hybridized carbons (Fsp3) is 0.500. The topological polar surface area (TPSA) is 66.6 Å². The molecule has 1 amide bonds. The van der Waals surface area contributed by atoms with Gasteiger partial charge in [0.1, 0.15) is 0 Å². The summed E-state index contributed by atoms with van der Waals surface area (Å²) in [5.74, 6) is 0.0536. The van der Waals surface area contributed by atoms with E-state index in [4.69, 9.17) is 10.8 Å². The van der Waals surface area contributed by atoms with Crippen molar-refractivity contribution < 1.29 is 9.90 Å². The first-order valence-electron chi connectivity index (χ1n) is 6.38. The largest absolute Gasteiger partial charge is 0.395 e. The van der Waals surface area contributed by atoms with E-state index in [1.165, 1.54) is 0 Å². The maximum absolute atomic E-state index is 11.9. The molecule has 0 aliphatic heterocycles. The number of amides is 1. The Morgan fingerprint density at radius 3 is 2.61 bits per heavy atom. The van der Waals surface area contributed by atoms with Crippen molar-refractivity contribution in [2.75, 3.05) is 19.7 Å². The average Bonchev–Trinajstić information content (AvgIpc) is 2.42. The Hall–Kier alpha value is -1.39. The van der Waals surface area contributed by atoms with E-state index in [1.54, 1.807) is 4.90 Å². The van der Waals surface area contributed by atoms with Crippen LogP contribution in [0.2, 0.25) is 0 Å². The van der Waals surface area contributed by atoms with Gasteiger partial charge in [0.05, 0.1) is 6.61 Å². The van der Waals surface area contributed by atoms with E-state index < -0.39 is 0 Å². The molecular formula is C14H22N2O2. The van der Waals surface area contributed by atoms with Gasteiger partial charge in [0.2, 0.25) is 5.91 Å². The standard InChI is InChI=1S/C14H22N2O2/c1-2-16(10-11-17)14(18)9-8-13(15)12-6-4-3-5-7-12/h3-7,13,17H,2,8-11,15H2,1H3. The molecule has 0 saturated heterocycles. The van der Waals surface area contributed by atoms with E-state index in [0.717, 1.165) is 5.56 Å². The molecule has 1 aromatic rings. The van der Waals surface area contributed by atoms with Crippen LogP contribution in [0.1, 0.15) is 31.4 Å². The molecule has 100 valence electrons. The van der Waals surface area contributed by atoms with Gasteiger partial charge in [0, 0.05) is 25.6 Å². The van der Waals surface area contributed by atoms with Crippen molar-refractivity contribution in [1.29, 1.82) is 0 Å². The zero-order valence-electron chi connectivity index (χ0n) is 10.9. The fourth-order valence-corrected chi connectivity index (χ4v) is 1.88. The van der Waals surface area contributed by atoms with Crippen LogP contribution in [0.25, 0.3) is 0 Å². The summed E-state index contributed by atoms with van der Waals surface area (Å²) in [6.45, 7) is 2.94. The SMILES string of the molecule is CCN(CCO)C(=O)CCC(N)c1ccccc1. The lowest BCUT2D eigenvalue weighted by molar-refractivity contribution is -0.131. The highest BCUT2D eigenvalue weighted by Gasteiger charge is 2.13. The lowest BCUT2D eigenvalue weighted by Crippen LogP contribution is -2.33. The molecule has 3 N–H and O–H groups in total. The van der Waals surface area contributed by atoms with Crippen LogP contribution in [0.15, 0.2) is 30.3 Å². The van der Waals surface area contributed by atoms with Crippen molar-refractivity contribution in [3.05, 3.63) is 35.9 Å². The van der Waals surface area contributed by atoms with E-state index >= 15 is 0 Å². The minimum absolute atomic E-state index is 0.00428. The van der Waals surface area contributed by atoms with Crippen molar-refractivity contribution in [1.82, 2.24) is 4.90 Å². The summed E-state index contributed by atoms with van der Waals surface area (Å²) in [6.07, 6.45) is 1.05. The number of carbonyl (C=O) groups excluding carboxylic acids is 1. The first kappa shape index (κ1) is 14.7. The van der Waals surface area contributed by atoms with Crippen LogP contribution in [0.3, 0.4) is 0 Å². The highest BCUT2D eigenvalue weighted by Crippen LogP contribution is 2.15. The summed E-state index contributed by atoms with van der Waals surface area (Å²) in [4.78, 5) is 13.5. The lowest BCUT2D eigenvalue weighted by Gasteiger charge is -2.20. The quantitative estimate of drug-likeness (QED) is 0.766. The Morgan fingerprint density at radius 2 is 2.06 bits per heavy atom. The summed E-state index contributed by atoms with van der Waals surface area (Å²) in [5.41, 5.74) is 7.09. The predicted molar refractivity (Wildman–Crippen MR) is 71.9 cm³/mol. The number of benzene rings is 1. The summed E-state index contributed by atoms with van der Waals surface area (Å²) in [6, 6.07) is 9.67. The Bertz CT molecular complexity index is 354. The average molecular weight is 250 g/mol. The molecule has 0 aromatic heterocycles. The molecule has 4 heteroatoms. The highest BCUT2D eigenvalue weighted by atomic mass is 16.3. The molecule has 0 spiro atoms. The van der Waals surface area contributed by atoms with Gasteiger partial charge >= 0.3 is 0 Å². The lowest BCUT2D eigenvalue weighted by atomic mass is 10.0. The molecule has 0 aliphatic carbocycles. The molecule has 18 heavy (non-hydrogen) atoms. The molecule has 1 atom stereocenters. The molecule has 1 unspecified atom stereocenters. The molecule has 1 aromatic carbocycles. The molecule has 1 rings (SSSR count). The van der Waals surface area contributed by atoms with Gasteiger partial charge in [-0.15, -0.1) is 0 Å². The number of nitrogens with two attached hydrogens (primary N) is 1. The Kier molecular flexibility index (Phi) is 6.39. The predicted octanol–water partition coefficient (Wildman–Crippen LogP) is 1.31. The molecule has 0 fully saturated rings. The number of hydrogen-bond donors (Lipinski definition) is 2. The smallest absolute Gasteiger partial charge is 0.222 e. The molecular weight excluding hydrogens is 228 g/mol. The first-order chi connectivity index (χ1) is 8.69. The number of carbonyl (C=O) groups is 1. The number of aliphatic hydroxyl groups is 1. The Morgan fingerprint density at radius 1 is 1.39 bits per heavy atom. The van der Waals surface area contributed by atoms with Gasteiger partial charge in [-0.25, -0.2) is 0 Å². The normalized spacial score (nSPS) is 12.2. The van der Waals surface area contributed by atoms with Gasteiger partial charge in [-0.1, -0.05) is 30.3 Å². The Balaban J connectivity index is 2.42. The maximum Gasteiger partial charge on any atom is 0.222 e. The van der Waals surface area contributed by atoms with Crippen molar-refractivity contribution in [3.63, 3.8) is 0 Å². The second kappa shape index (κ2) is 7.84. The molecule has 0 heterocycles. The minimum Gasteiger partial charge on any atom is -0.395 e. The van der Waals surface area contributed by atoms with Gasteiger partial charge in [-0.2, -0.15) is 0 Å². The molecule has 0 aliphatic rings. The monoisotopic (exact) mass is 250 g/mol. The van der Waals surface area contributed by atoms with Gasteiger partial charge in [-0.05, 0) is 18.9 Å². The molecule has 4 nitrogen and oxygen atoms in total. The summed E-state index contributed by atoms with van der Waals surface area (Å²) in [5, 5.41) is 8.85. The van der Waals surface area contributed by atoms with Gasteiger partial charge in [-0.3, -0.25) is 4.79 Å². The summed E-state index contributed by atoms with van der Waals surface area (Å²) < 4.78 is 0. The van der Waals surface area contributed by atoms with E-state index in [0.29, 0.717) is 25.9 Å². The van der Waals surface area contributed by atoms with E-state index in [9.17, 15) is 4.79 Å². The van der Waals surface area contributed by atoms with Crippen LogP contribution >= 0.6 is 0 Å². The van der Waals surface area contributed by atoms with Crippen molar-refractivity contribution in [3.8, 4) is 0 Å². The minimum atomic E-state index is -0.108. The second-order valence-electron chi connectivity index (χ2n) is 4.25. The van der Waals surface area contributed by atoms with Gasteiger partial charge < -0.3 is 15.7 Å². The Labute approximate surface area is 108 Å². The second-order valence-corrected chi connectivity index (χ2v) is 4.25. The summed E-state index contributed by atoms with van der Waals surface area (Å²) in [7, 11) is 0.